The Bertz CT molecular complexity index is 453. The molecule has 2 aromatic carbocycles. The lowest BCUT2D eigenvalue weighted by atomic mass is 10.00. The fraction of sp³-hybridized carbons (Fsp3) is 0.143. The summed E-state index contributed by atoms with van der Waals surface area (Å²) in [7, 11) is 0. The van der Waals surface area contributed by atoms with E-state index in [2.05, 4.69) is 0 Å². The van der Waals surface area contributed by atoms with Crippen LogP contribution >= 0.6 is 0 Å². The van der Waals surface area contributed by atoms with Gasteiger partial charge in [-0.2, -0.15) is 0 Å². The molecular formula is C14H14FN. The molecule has 0 aliphatic heterocycles. The van der Waals surface area contributed by atoms with Crippen LogP contribution in [0.4, 0.5) is 4.39 Å². The van der Waals surface area contributed by atoms with E-state index >= 15 is 0 Å². The van der Waals surface area contributed by atoms with Crippen molar-refractivity contribution in [3.05, 3.63) is 71.5 Å². The first-order valence-electron chi connectivity index (χ1n) is 5.30. The van der Waals surface area contributed by atoms with Crippen LogP contribution in [0, 0.1) is 5.82 Å². The first-order valence-corrected chi connectivity index (χ1v) is 5.30. The van der Waals surface area contributed by atoms with Crippen LogP contribution in [0.15, 0.2) is 54.6 Å². The standard InChI is InChI=1S/C14H14FN/c15-13-8-4-5-11(9-13)10-14(16)12-6-2-1-3-7-12/h1-9,14H,10,16H2/t14-/m1/s1. The van der Waals surface area contributed by atoms with E-state index < -0.39 is 0 Å². The van der Waals surface area contributed by atoms with E-state index in [0.29, 0.717) is 6.42 Å². The van der Waals surface area contributed by atoms with Gasteiger partial charge in [0.15, 0.2) is 0 Å². The molecule has 0 fully saturated rings. The van der Waals surface area contributed by atoms with Gasteiger partial charge < -0.3 is 5.73 Å². The molecule has 0 amide bonds. The van der Waals surface area contributed by atoms with Crippen LogP contribution < -0.4 is 5.73 Å². The minimum Gasteiger partial charge on any atom is -0.324 e. The number of hydrogen-bond donors (Lipinski definition) is 1. The third kappa shape index (κ3) is 2.67. The molecule has 0 saturated carbocycles. The molecule has 0 aromatic heterocycles. The van der Waals surface area contributed by atoms with Gasteiger partial charge in [-0.15, -0.1) is 0 Å². The second kappa shape index (κ2) is 4.90. The molecule has 82 valence electrons. The lowest BCUT2D eigenvalue weighted by Gasteiger charge is -2.11. The summed E-state index contributed by atoms with van der Waals surface area (Å²) in [5.41, 5.74) is 8.06. The molecule has 2 N–H and O–H groups in total. The van der Waals surface area contributed by atoms with Crippen molar-refractivity contribution in [2.75, 3.05) is 0 Å². The zero-order chi connectivity index (χ0) is 11.4. The Labute approximate surface area is 94.7 Å². The number of hydrogen-bond acceptors (Lipinski definition) is 1. The van der Waals surface area contributed by atoms with Gasteiger partial charge >= 0.3 is 0 Å². The topological polar surface area (TPSA) is 26.0 Å². The zero-order valence-electron chi connectivity index (χ0n) is 8.94. The molecule has 0 saturated heterocycles. The molecule has 0 aliphatic rings. The van der Waals surface area contributed by atoms with Gasteiger partial charge in [-0.3, -0.25) is 0 Å². The van der Waals surface area contributed by atoms with Gasteiger partial charge in [0.25, 0.3) is 0 Å². The molecule has 1 atom stereocenters. The molecule has 0 heterocycles. The molecule has 2 heteroatoms. The molecule has 0 spiro atoms. The van der Waals surface area contributed by atoms with Gasteiger partial charge in [0, 0.05) is 6.04 Å². The van der Waals surface area contributed by atoms with Crippen molar-refractivity contribution in [1.82, 2.24) is 0 Å². The van der Waals surface area contributed by atoms with Crippen molar-refractivity contribution in [3.8, 4) is 0 Å². The smallest absolute Gasteiger partial charge is 0.123 e. The van der Waals surface area contributed by atoms with Crippen LogP contribution in [0.25, 0.3) is 0 Å². The van der Waals surface area contributed by atoms with E-state index in [9.17, 15) is 4.39 Å². The summed E-state index contributed by atoms with van der Waals surface area (Å²) in [6.07, 6.45) is 0.655. The molecule has 0 radical (unpaired) electrons. The highest BCUT2D eigenvalue weighted by Crippen LogP contribution is 2.16. The highest BCUT2D eigenvalue weighted by molar-refractivity contribution is 5.23. The quantitative estimate of drug-likeness (QED) is 0.836. The van der Waals surface area contributed by atoms with Crippen molar-refractivity contribution in [2.24, 2.45) is 5.73 Å². The number of rotatable bonds is 3. The number of halogens is 1. The van der Waals surface area contributed by atoms with E-state index in [0.717, 1.165) is 11.1 Å². The lowest BCUT2D eigenvalue weighted by Crippen LogP contribution is -2.13. The van der Waals surface area contributed by atoms with Crippen molar-refractivity contribution in [1.29, 1.82) is 0 Å². The zero-order valence-corrected chi connectivity index (χ0v) is 8.94. The Hall–Kier alpha value is -1.67. The maximum Gasteiger partial charge on any atom is 0.123 e. The molecule has 0 aliphatic carbocycles. The summed E-state index contributed by atoms with van der Waals surface area (Å²) in [6, 6.07) is 16.4. The Morgan fingerprint density at radius 3 is 2.44 bits per heavy atom. The van der Waals surface area contributed by atoms with E-state index in [-0.39, 0.29) is 11.9 Å². The predicted molar refractivity (Wildman–Crippen MR) is 63.5 cm³/mol. The van der Waals surface area contributed by atoms with E-state index in [1.54, 1.807) is 6.07 Å². The molecule has 2 aromatic rings. The summed E-state index contributed by atoms with van der Waals surface area (Å²) in [5, 5.41) is 0. The average Bonchev–Trinajstić information content (AvgIpc) is 2.30. The van der Waals surface area contributed by atoms with Crippen molar-refractivity contribution in [3.63, 3.8) is 0 Å². The van der Waals surface area contributed by atoms with Crippen LogP contribution in [-0.2, 0) is 6.42 Å². The normalized spacial score (nSPS) is 12.4. The first-order chi connectivity index (χ1) is 7.75. The maximum absolute atomic E-state index is 13.0. The summed E-state index contributed by atoms with van der Waals surface area (Å²) in [4.78, 5) is 0. The average molecular weight is 215 g/mol. The summed E-state index contributed by atoms with van der Waals surface area (Å²) in [5.74, 6) is -0.210. The highest BCUT2D eigenvalue weighted by atomic mass is 19.1. The fourth-order valence-electron chi connectivity index (χ4n) is 1.74. The summed E-state index contributed by atoms with van der Waals surface area (Å²) < 4.78 is 13.0. The summed E-state index contributed by atoms with van der Waals surface area (Å²) in [6.45, 7) is 0. The SMILES string of the molecule is N[C@H](Cc1cccc(F)c1)c1ccccc1. The third-order valence-corrected chi connectivity index (χ3v) is 2.57. The first kappa shape index (κ1) is 10.8. The van der Waals surface area contributed by atoms with Gasteiger partial charge in [0.2, 0.25) is 0 Å². The molecule has 1 nitrogen and oxygen atoms in total. The second-order valence-electron chi connectivity index (χ2n) is 3.85. The van der Waals surface area contributed by atoms with Crippen LogP contribution in [0.1, 0.15) is 17.2 Å². The Morgan fingerprint density at radius 1 is 1.00 bits per heavy atom. The van der Waals surface area contributed by atoms with Gasteiger partial charge in [-0.05, 0) is 29.7 Å². The molecule has 2 rings (SSSR count). The molecule has 0 unspecified atom stereocenters. The largest absolute Gasteiger partial charge is 0.324 e. The lowest BCUT2D eigenvalue weighted by molar-refractivity contribution is 0.622. The van der Waals surface area contributed by atoms with Crippen LogP contribution in [-0.4, -0.2) is 0 Å². The summed E-state index contributed by atoms with van der Waals surface area (Å²) >= 11 is 0. The van der Waals surface area contributed by atoms with Gasteiger partial charge in [-0.1, -0.05) is 42.5 Å². The fourth-order valence-corrected chi connectivity index (χ4v) is 1.74. The number of benzene rings is 2. The molecule has 16 heavy (non-hydrogen) atoms. The van der Waals surface area contributed by atoms with Gasteiger partial charge in [0.05, 0.1) is 0 Å². The van der Waals surface area contributed by atoms with Crippen molar-refractivity contribution in [2.45, 2.75) is 12.5 Å². The van der Waals surface area contributed by atoms with E-state index in [1.807, 2.05) is 36.4 Å². The number of nitrogens with two attached hydrogens (primary N) is 1. The monoisotopic (exact) mass is 215 g/mol. The minimum atomic E-state index is -0.210. The van der Waals surface area contributed by atoms with Crippen LogP contribution in [0.2, 0.25) is 0 Å². The van der Waals surface area contributed by atoms with E-state index in [1.165, 1.54) is 12.1 Å². The Morgan fingerprint density at radius 2 is 1.75 bits per heavy atom. The molecular weight excluding hydrogens is 201 g/mol. The third-order valence-electron chi connectivity index (χ3n) is 2.57. The highest BCUT2D eigenvalue weighted by Gasteiger charge is 2.06. The van der Waals surface area contributed by atoms with Crippen molar-refractivity contribution < 1.29 is 4.39 Å². The van der Waals surface area contributed by atoms with E-state index in [4.69, 9.17) is 5.73 Å². The maximum atomic E-state index is 13.0. The van der Waals surface area contributed by atoms with Gasteiger partial charge in [0.1, 0.15) is 5.82 Å². The molecule has 0 bridgehead atoms. The Balaban J connectivity index is 2.11. The van der Waals surface area contributed by atoms with Crippen molar-refractivity contribution >= 4 is 0 Å². The van der Waals surface area contributed by atoms with Crippen LogP contribution in [0.5, 0.6) is 0 Å². The Kier molecular flexibility index (Phi) is 3.32. The predicted octanol–water partition coefficient (Wildman–Crippen LogP) is 3.07. The van der Waals surface area contributed by atoms with Crippen LogP contribution in [0.3, 0.4) is 0 Å². The minimum absolute atomic E-state index is 0.0806. The van der Waals surface area contributed by atoms with Gasteiger partial charge in [-0.25, -0.2) is 4.39 Å². The second-order valence-corrected chi connectivity index (χ2v) is 3.85.